The minimum atomic E-state index is -3.30. The fourth-order valence-corrected chi connectivity index (χ4v) is 3.78. The van der Waals surface area contributed by atoms with Crippen LogP contribution in [-0.2, 0) is 9.84 Å². The highest BCUT2D eigenvalue weighted by atomic mass is 32.2. The van der Waals surface area contributed by atoms with Gasteiger partial charge in [0.2, 0.25) is 0 Å². The molecule has 114 valence electrons. The van der Waals surface area contributed by atoms with Crippen LogP contribution >= 0.6 is 0 Å². The molecule has 1 N–H and O–H groups in total. The number of hydrogen-bond donors (Lipinski definition) is 1. The molecule has 1 heterocycles. The molecule has 1 aliphatic heterocycles. The summed E-state index contributed by atoms with van der Waals surface area (Å²) in [5.41, 5.74) is 0.458. The second-order valence-electron chi connectivity index (χ2n) is 5.42. The number of benzene rings is 1. The molecule has 0 saturated carbocycles. The summed E-state index contributed by atoms with van der Waals surface area (Å²) in [5.74, 6) is 0.444. The molecule has 1 aromatic carbocycles. The van der Waals surface area contributed by atoms with Gasteiger partial charge in [-0.05, 0) is 56.1 Å². The number of aliphatic hydroxyl groups excluding tert-OH is 1. The van der Waals surface area contributed by atoms with Crippen molar-refractivity contribution in [2.75, 3.05) is 32.0 Å². The molecule has 2 rings (SSSR count). The SMILES string of the molecule is N#Cc1ccc(S(=O)(=O)CCN2CCC(CO)CC2)cc1. The number of likely N-dealkylation sites (tertiary alicyclic amines) is 1. The zero-order valence-electron chi connectivity index (χ0n) is 11.9. The number of aliphatic hydroxyl groups is 1. The molecular weight excluding hydrogens is 288 g/mol. The third kappa shape index (κ3) is 4.27. The van der Waals surface area contributed by atoms with Gasteiger partial charge < -0.3 is 10.0 Å². The summed E-state index contributed by atoms with van der Waals surface area (Å²) in [7, 11) is -3.30. The molecule has 0 unspecified atom stereocenters. The molecular formula is C15H20N2O3S. The van der Waals surface area contributed by atoms with Gasteiger partial charge in [0.05, 0.1) is 22.3 Å². The van der Waals surface area contributed by atoms with Crippen LogP contribution in [-0.4, -0.2) is 50.4 Å². The third-order valence-electron chi connectivity index (χ3n) is 3.98. The van der Waals surface area contributed by atoms with Crippen LogP contribution in [0.4, 0.5) is 0 Å². The third-order valence-corrected chi connectivity index (χ3v) is 5.69. The highest BCUT2D eigenvalue weighted by Gasteiger charge is 2.21. The standard InChI is InChI=1S/C15H20N2O3S/c16-11-13-1-3-15(4-2-13)21(19,20)10-9-17-7-5-14(12-18)6-8-17/h1-4,14,18H,5-10,12H2. The normalized spacial score (nSPS) is 17.5. The largest absolute Gasteiger partial charge is 0.396 e. The molecule has 0 aromatic heterocycles. The van der Waals surface area contributed by atoms with Crippen LogP contribution < -0.4 is 0 Å². The number of rotatable bonds is 5. The molecule has 1 saturated heterocycles. The van der Waals surface area contributed by atoms with Gasteiger partial charge >= 0.3 is 0 Å². The molecule has 0 atom stereocenters. The van der Waals surface area contributed by atoms with Crippen LogP contribution in [0.2, 0.25) is 0 Å². The van der Waals surface area contributed by atoms with Crippen molar-refractivity contribution in [1.82, 2.24) is 4.90 Å². The Balaban J connectivity index is 1.91. The van der Waals surface area contributed by atoms with Crippen molar-refractivity contribution in [3.05, 3.63) is 29.8 Å². The summed E-state index contributed by atoms with van der Waals surface area (Å²) in [6.45, 7) is 2.42. The molecule has 0 amide bonds. The Labute approximate surface area is 125 Å². The lowest BCUT2D eigenvalue weighted by Crippen LogP contribution is -2.37. The number of sulfone groups is 1. The fraction of sp³-hybridized carbons (Fsp3) is 0.533. The molecule has 0 spiro atoms. The minimum Gasteiger partial charge on any atom is -0.396 e. The van der Waals surface area contributed by atoms with Crippen LogP contribution in [0.5, 0.6) is 0 Å². The summed E-state index contributed by atoms with van der Waals surface area (Å²) in [4.78, 5) is 2.40. The van der Waals surface area contributed by atoms with E-state index < -0.39 is 9.84 Å². The first-order valence-corrected chi connectivity index (χ1v) is 8.76. The molecule has 6 heteroatoms. The molecule has 21 heavy (non-hydrogen) atoms. The van der Waals surface area contributed by atoms with Gasteiger partial charge in [0, 0.05) is 13.2 Å². The lowest BCUT2D eigenvalue weighted by atomic mass is 9.98. The van der Waals surface area contributed by atoms with Crippen molar-refractivity contribution < 1.29 is 13.5 Å². The van der Waals surface area contributed by atoms with Gasteiger partial charge in [0.1, 0.15) is 0 Å². The Morgan fingerprint density at radius 1 is 1.24 bits per heavy atom. The molecule has 1 fully saturated rings. The van der Waals surface area contributed by atoms with Gasteiger partial charge in [-0.1, -0.05) is 0 Å². The first-order valence-electron chi connectivity index (χ1n) is 7.11. The molecule has 0 radical (unpaired) electrons. The van der Waals surface area contributed by atoms with Crippen LogP contribution in [0.1, 0.15) is 18.4 Å². The highest BCUT2D eigenvalue weighted by molar-refractivity contribution is 7.91. The Morgan fingerprint density at radius 2 is 1.86 bits per heavy atom. The number of nitrogens with zero attached hydrogens (tertiary/aromatic N) is 2. The summed E-state index contributed by atoms with van der Waals surface area (Å²) < 4.78 is 24.5. The van der Waals surface area contributed by atoms with Crippen molar-refractivity contribution in [3.8, 4) is 6.07 Å². The van der Waals surface area contributed by atoms with Crippen LogP contribution in [0, 0.1) is 17.2 Å². The number of piperidine rings is 1. The summed E-state index contributed by atoms with van der Waals surface area (Å²) >= 11 is 0. The van der Waals surface area contributed by atoms with Gasteiger partial charge in [-0.25, -0.2) is 8.42 Å². The number of nitriles is 1. The lowest BCUT2D eigenvalue weighted by Gasteiger charge is -2.30. The highest BCUT2D eigenvalue weighted by Crippen LogP contribution is 2.17. The van der Waals surface area contributed by atoms with E-state index in [4.69, 9.17) is 10.4 Å². The van der Waals surface area contributed by atoms with E-state index in [-0.39, 0.29) is 17.3 Å². The van der Waals surface area contributed by atoms with Gasteiger partial charge in [0.15, 0.2) is 9.84 Å². The van der Waals surface area contributed by atoms with Crippen LogP contribution in [0.15, 0.2) is 29.2 Å². The summed E-state index contributed by atoms with van der Waals surface area (Å²) in [5, 5.41) is 17.8. The second kappa shape index (κ2) is 7.03. The average molecular weight is 308 g/mol. The summed E-state index contributed by atoms with van der Waals surface area (Å²) in [6.07, 6.45) is 1.85. The van der Waals surface area contributed by atoms with Crippen molar-refractivity contribution in [2.45, 2.75) is 17.7 Å². The van der Waals surface area contributed by atoms with Crippen molar-refractivity contribution in [3.63, 3.8) is 0 Å². The first-order chi connectivity index (χ1) is 10.0. The maximum Gasteiger partial charge on any atom is 0.179 e. The Kier molecular flexibility index (Phi) is 5.34. The van der Waals surface area contributed by atoms with E-state index in [1.807, 2.05) is 6.07 Å². The van der Waals surface area contributed by atoms with Crippen molar-refractivity contribution >= 4 is 9.84 Å². The van der Waals surface area contributed by atoms with E-state index >= 15 is 0 Å². The van der Waals surface area contributed by atoms with E-state index in [0.717, 1.165) is 25.9 Å². The maximum absolute atomic E-state index is 12.2. The zero-order chi connectivity index (χ0) is 15.3. The fourth-order valence-electron chi connectivity index (χ4n) is 2.50. The zero-order valence-corrected chi connectivity index (χ0v) is 12.7. The van der Waals surface area contributed by atoms with Crippen molar-refractivity contribution in [1.29, 1.82) is 5.26 Å². The van der Waals surface area contributed by atoms with E-state index in [1.54, 1.807) is 0 Å². The van der Waals surface area contributed by atoms with Gasteiger partial charge in [0.25, 0.3) is 0 Å². The maximum atomic E-state index is 12.2. The van der Waals surface area contributed by atoms with Gasteiger partial charge in [-0.2, -0.15) is 5.26 Å². The van der Waals surface area contributed by atoms with Crippen LogP contribution in [0.3, 0.4) is 0 Å². The topological polar surface area (TPSA) is 81.4 Å². The Bertz CT molecular complexity index is 597. The molecule has 0 bridgehead atoms. The molecule has 5 nitrogen and oxygen atoms in total. The smallest absolute Gasteiger partial charge is 0.179 e. The quantitative estimate of drug-likeness (QED) is 0.879. The molecule has 1 aromatic rings. The van der Waals surface area contributed by atoms with Crippen molar-refractivity contribution in [2.24, 2.45) is 5.92 Å². The van der Waals surface area contributed by atoms with E-state index in [0.29, 0.717) is 18.0 Å². The second-order valence-corrected chi connectivity index (χ2v) is 7.53. The lowest BCUT2D eigenvalue weighted by molar-refractivity contribution is 0.136. The van der Waals surface area contributed by atoms with E-state index in [2.05, 4.69) is 4.90 Å². The molecule has 1 aliphatic rings. The first kappa shape index (κ1) is 16.0. The minimum absolute atomic E-state index is 0.0860. The Morgan fingerprint density at radius 3 is 2.38 bits per heavy atom. The molecule has 0 aliphatic carbocycles. The van der Waals surface area contributed by atoms with E-state index in [1.165, 1.54) is 24.3 Å². The monoisotopic (exact) mass is 308 g/mol. The average Bonchev–Trinajstić information content (AvgIpc) is 2.53. The summed E-state index contributed by atoms with van der Waals surface area (Å²) in [6, 6.07) is 8.01. The van der Waals surface area contributed by atoms with E-state index in [9.17, 15) is 8.42 Å². The van der Waals surface area contributed by atoms with Gasteiger partial charge in [-0.15, -0.1) is 0 Å². The Hall–Kier alpha value is -1.42. The van der Waals surface area contributed by atoms with Gasteiger partial charge in [-0.3, -0.25) is 0 Å². The predicted molar refractivity (Wildman–Crippen MR) is 79.5 cm³/mol. The van der Waals surface area contributed by atoms with Crippen LogP contribution in [0.25, 0.3) is 0 Å². The predicted octanol–water partition coefficient (Wildman–Crippen LogP) is 1.04. The number of hydrogen-bond acceptors (Lipinski definition) is 5.